The highest BCUT2D eigenvalue weighted by atomic mass is 16.5. The number of carbonyl (C=O) groups excluding carboxylic acids is 1. The molecule has 1 unspecified atom stereocenters. The van der Waals surface area contributed by atoms with Gasteiger partial charge in [0.15, 0.2) is 6.10 Å². The number of hydrogen-bond donors (Lipinski definition) is 1. The highest BCUT2D eigenvalue weighted by Crippen LogP contribution is 2.21. The van der Waals surface area contributed by atoms with Crippen molar-refractivity contribution in [3.63, 3.8) is 0 Å². The zero-order chi connectivity index (χ0) is 17.1. The number of carboxylic acid groups (broad SMARTS) is 1. The molecule has 0 bridgehead atoms. The predicted molar refractivity (Wildman–Crippen MR) is 89.8 cm³/mol. The maximum Gasteiger partial charge on any atom is 0.334 e. The topological polar surface area (TPSA) is 66.8 Å². The highest BCUT2D eigenvalue weighted by molar-refractivity contribution is 5.95. The first-order valence-corrected chi connectivity index (χ1v) is 7.87. The van der Waals surface area contributed by atoms with Crippen molar-refractivity contribution in [2.24, 2.45) is 0 Å². The van der Waals surface area contributed by atoms with Gasteiger partial charge < -0.3 is 14.7 Å². The third-order valence-electron chi connectivity index (χ3n) is 4.06. The molecule has 24 heavy (non-hydrogen) atoms. The Bertz CT molecular complexity index is 727. The molecular formula is C19H19NO4. The molecule has 1 saturated heterocycles. The molecule has 3 rings (SSSR count). The molecule has 1 heterocycles. The van der Waals surface area contributed by atoms with Gasteiger partial charge in [-0.25, -0.2) is 4.79 Å². The van der Waals surface area contributed by atoms with Crippen LogP contribution in [0, 0.1) is 0 Å². The Hall–Kier alpha value is -2.66. The third-order valence-corrected chi connectivity index (χ3v) is 4.06. The molecule has 124 valence electrons. The lowest BCUT2D eigenvalue weighted by Gasteiger charge is -2.35. The Morgan fingerprint density at radius 1 is 1.00 bits per heavy atom. The van der Waals surface area contributed by atoms with E-state index in [0.717, 1.165) is 11.1 Å². The van der Waals surface area contributed by atoms with Crippen LogP contribution in [0.5, 0.6) is 0 Å². The molecule has 2 aromatic carbocycles. The quantitative estimate of drug-likeness (QED) is 0.942. The average Bonchev–Trinajstić information content (AvgIpc) is 2.61. The molecule has 0 radical (unpaired) electrons. The van der Waals surface area contributed by atoms with E-state index < -0.39 is 12.1 Å². The minimum Gasteiger partial charge on any atom is -0.479 e. The molecule has 0 aromatic heterocycles. The first-order valence-electron chi connectivity index (χ1n) is 7.87. The Morgan fingerprint density at radius 2 is 1.62 bits per heavy atom. The number of hydrogen-bond acceptors (Lipinski definition) is 3. The van der Waals surface area contributed by atoms with Crippen LogP contribution in [-0.4, -0.2) is 47.2 Å². The van der Waals surface area contributed by atoms with Gasteiger partial charge in [0.25, 0.3) is 5.91 Å². The van der Waals surface area contributed by atoms with Gasteiger partial charge in [-0.3, -0.25) is 4.79 Å². The van der Waals surface area contributed by atoms with Crippen LogP contribution in [-0.2, 0) is 9.53 Å². The van der Waals surface area contributed by atoms with E-state index in [4.69, 9.17) is 9.84 Å². The minimum atomic E-state index is -1.04. The summed E-state index contributed by atoms with van der Waals surface area (Å²) in [5.74, 6) is -1.21. The Morgan fingerprint density at radius 3 is 2.25 bits per heavy atom. The van der Waals surface area contributed by atoms with Crippen molar-refractivity contribution >= 4 is 11.9 Å². The maximum atomic E-state index is 12.6. The number of carbonyl (C=O) groups is 2. The molecule has 1 N–H and O–H groups in total. The van der Waals surface area contributed by atoms with E-state index in [2.05, 4.69) is 0 Å². The van der Waals surface area contributed by atoms with E-state index >= 15 is 0 Å². The molecule has 0 saturated carbocycles. The minimum absolute atomic E-state index is 0.0684. The number of benzene rings is 2. The molecule has 1 aliphatic rings. The largest absolute Gasteiger partial charge is 0.479 e. The zero-order valence-corrected chi connectivity index (χ0v) is 13.4. The van der Waals surface area contributed by atoms with Gasteiger partial charge in [0, 0.05) is 12.1 Å². The fourth-order valence-corrected chi connectivity index (χ4v) is 2.87. The number of morpholine rings is 1. The summed E-state index contributed by atoms with van der Waals surface area (Å²) in [6.07, 6.45) is -1.27. The van der Waals surface area contributed by atoms with Gasteiger partial charge in [0.05, 0.1) is 12.6 Å². The van der Waals surface area contributed by atoms with Crippen molar-refractivity contribution in [3.8, 4) is 11.1 Å². The van der Waals surface area contributed by atoms with E-state index in [1.807, 2.05) is 42.5 Å². The smallest absolute Gasteiger partial charge is 0.334 e. The second kappa shape index (κ2) is 6.84. The number of nitrogens with zero attached hydrogens (tertiary/aromatic N) is 1. The summed E-state index contributed by atoms with van der Waals surface area (Å²) in [7, 11) is 0. The standard InChI is InChI=1S/C19H19NO4/c1-13-11-20(12-17(24-13)19(22)23)18(21)16-9-7-15(8-10-16)14-5-3-2-4-6-14/h2-10,13,17H,11-12H2,1H3,(H,22,23)/t13-,17?/m1/s1. The Kier molecular flexibility index (Phi) is 4.62. The molecule has 1 aliphatic heterocycles. The molecule has 5 nitrogen and oxygen atoms in total. The van der Waals surface area contributed by atoms with Gasteiger partial charge in [-0.15, -0.1) is 0 Å². The summed E-state index contributed by atoms with van der Waals surface area (Å²) in [5.41, 5.74) is 2.67. The van der Waals surface area contributed by atoms with Crippen molar-refractivity contribution in [1.82, 2.24) is 4.90 Å². The summed E-state index contributed by atoms with van der Waals surface area (Å²) in [6, 6.07) is 17.3. The monoisotopic (exact) mass is 325 g/mol. The predicted octanol–water partition coefficient (Wildman–Crippen LogP) is 2.67. The van der Waals surface area contributed by atoms with Gasteiger partial charge in [0.2, 0.25) is 0 Å². The van der Waals surface area contributed by atoms with Crippen molar-refractivity contribution < 1.29 is 19.4 Å². The van der Waals surface area contributed by atoms with Gasteiger partial charge in [0.1, 0.15) is 0 Å². The van der Waals surface area contributed by atoms with Crippen LogP contribution in [0.3, 0.4) is 0 Å². The summed E-state index contributed by atoms with van der Waals surface area (Å²) in [4.78, 5) is 25.3. The van der Waals surface area contributed by atoms with Gasteiger partial charge in [-0.2, -0.15) is 0 Å². The first-order chi connectivity index (χ1) is 11.5. The summed E-state index contributed by atoms with van der Waals surface area (Å²) in [6.45, 7) is 2.23. The molecule has 5 heteroatoms. The van der Waals surface area contributed by atoms with E-state index in [9.17, 15) is 9.59 Å². The fourth-order valence-electron chi connectivity index (χ4n) is 2.87. The van der Waals surface area contributed by atoms with Crippen LogP contribution in [0.1, 0.15) is 17.3 Å². The van der Waals surface area contributed by atoms with Crippen molar-refractivity contribution in [2.45, 2.75) is 19.1 Å². The molecule has 0 aliphatic carbocycles. The molecule has 1 fully saturated rings. The van der Waals surface area contributed by atoms with Crippen molar-refractivity contribution in [2.75, 3.05) is 13.1 Å². The Labute approximate surface area is 140 Å². The molecule has 2 aromatic rings. The van der Waals surface area contributed by atoms with Crippen LogP contribution in [0.2, 0.25) is 0 Å². The Balaban J connectivity index is 1.76. The fraction of sp³-hybridized carbons (Fsp3) is 0.263. The van der Waals surface area contributed by atoms with Crippen LogP contribution in [0.15, 0.2) is 54.6 Å². The first kappa shape index (κ1) is 16.2. The normalized spacial score (nSPS) is 20.6. The summed E-state index contributed by atoms with van der Waals surface area (Å²) >= 11 is 0. The number of amides is 1. The zero-order valence-electron chi connectivity index (χ0n) is 13.4. The molecule has 0 spiro atoms. The van der Waals surface area contributed by atoms with Crippen LogP contribution in [0.25, 0.3) is 11.1 Å². The van der Waals surface area contributed by atoms with Crippen molar-refractivity contribution in [3.05, 3.63) is 60.2 Å². The molecular weight excluding hydrogens is 306 g/mol. The number of ether oxygens (including phenoxy) is 1. The SMILES string of the molecule is C[C@@H]1CN(C(=O)c2ccc(-c3ccccc3)cc2)CC(C(=O)O)O1. The average molecular weight is 325 g/mol. The number of carboxylic acids is 1. The maximum absolute atomic E-state index is 12.6. The lowest BCUT2D eigenvalue weighted by Crippen LogP contribution is -2.51. The molecule has 1 amide bonds. The van der Waals surface area contributed by atoms with E-state index in [1.165, 1.54) is 0 Å². The second-order valence-electron chi connectivity index (χ2n) is 5.93. The van der Waals surface area contributed by atoms with Crippen molar-refractivity contribution in [1.29, 1.82) is 0 Å². The van der Waals surface area contributed by atoms with Gasteiger partial charge in [-0.1, -0.05) is 42.5 Å². The summed E-state index contributed by atoms with van der Waals surface area (Å²) in [5, 5.41) is 9.13. The lowest BCUT2D eigenvalue weighted by molar-refractivity contribution is -0.160. The van der Waals surface area contributed by atoms with E-state index in [-0.39, 0.29) is 18.6 Å². The summed E-state index contributed by atoms with van der Waals surface area (Å²) < 4.78 is 5.35. The van der Waals surface area contributed by atoms with E-state index in [0.29, 0.717) is 12.1 Å². The van der Waals surface area contributed by atoms with Gasteiger partial charge in [-0.05, 0) is 30.2 Å². The second-order valence-corrected chi connectivity index (χ2v) is 5.93. The van der Waals surface area contributed by atoms with Crippen LogP contribution < -0.4 is 0 Å². The lowest BCUT2D eigenvalue weighted by atomic mass is 10.0. The third kappa shape index (κ3) is 3.46. The highest BCUT2D eigenvalue weighted by Gasteiger charge is 2.32. The van der Waals surface area contributed by atoms with Crippen LogP contribution >= 0.6 is 0 Å². The molecule has 2 atom stereocenters. The number of aliphatic carboxylic acids is 1. The van der Waals surface area contributed by atoms with Crippen LogP contribution in [0.4, 0.5) is 0 Å². The van der Waals surface area contributed by atoms with Gasteiger partial charge >= 0.3 is 5.97 Å². The van der Waals surface area contributed by atoms with E-state index in [1.54, 1.807) is 24.0 Å². The number of rotatable bonds is 3.